The summed E-state index contributed by atoms with van der Waals surface area (Å²) in [7, 11) is -2.80. The summed E-state index contributed by atoms with van der Waals surface area (Å²) in [6.07, 6.45) is 7.61. The van der Waals surface area contributed by atoms with Gasteiger partial charge in [0.1, 0.15) is 0 Å². The highest BCUT2D eigenvalue weighted by molar-refractivity contribution is 7.91. The van der Waals surface area contributed by atoms with Gasteiger partial charge in [-0.3, -0.25) is 0 Å². The molecule has 1 atom stereocenters. The molecule has 1 aliphatic carbocycles. The molecule has 0 aliphatic heterocycles. The highest BCUT2D eigenvalue weighted by Crippen LogP contribution is 2.09. The fraction of sp³-hybridized carbons (Fsp3) is 0.800. The molecule has 0 amide bonds. The molecule has 0 spiro atoms. The van der Waals surface area contributed by atoms with Crippen molar-refractivity contribution in [3.05, 3.63) is 12.2 Å². The van der Waals surface area contributed by atoms with Gasteiger partial charge < -0.3 is 5.32 Å². The molecule has 0 saturated carbocycles. The van der Waals surface area contributed by atoms with Crippen LogP contribution in [0.4, 0.5) is 0 Å². The summed E-state index contributed by atoms with van der Waals surface area (Å²) in [6.45, 7) is 2.29. The second-order valence-corrected chi connectivity index (χ2v) is 6.14. The molecular formula is C10H19NO2S. The average molecular weight is 217 g/mol. The Labute approximate surface area is 86.5 Å². The number of rotatable bonds is 5. The molecule has 0 heterocycles. The first-order valence-electron chi connectivity index (χ1n) is 5.23. The van der Waals surface area contributed by atoms with Crippen LogP contribution in [0, 0.1) is 0 Å². The summed E-state index contributed by atoms with van der Waals surface area (Å²) in [4.78, 5) is 0. The van der Waals surface area contributed by atoms with E-state index >= 15 is 0 Å². The molecule has 1 N–H and O–H groups in total. The molecule has 0 saturated heterocycles. The van der Waals surface area contributed by atoms with Gasteiger partial charge in [-0.2, -0.15) is 0 Å². The molecule has 4 heteroatoms. The Morgan fingerprint density at radius 3 is 2.79 bits per heavy atom. The first-order chi connectivity index (χ1) is 6.64. The van der Waals surface area contributed by atoms with Crippen LogP contribution in [0.15, 0.2) is 12.2 Å². The molecule has 0 fully saturated rings. The van der Waals surface area contributed by atoms with Crippen molar-refractivity contribution < 1.29 is 8.42 Å². The van der Waals surface area contributed by atoms with Crippen molar-refractivity contribution in [2.75, 3.05) is 18.1 Å². The van der Waals surface area contributed by atoms with Gasteiger partial charge in [-0.05, 0) is 19.3 Å². The van der Waals surface area contributed by atoms with Crippen molar-refractivity contribution in [2.24, 2.45) is 0 Å². The van der Waals surface area contributed by atoms with E-state index in [1.807, 2.05) is 0 Å². The number of sulfone groups is 1. The third kappa shape index (κ3) is 4.24. The minimum absolute atomic E-state index is 0.249. The minimum Gasteiger partial charge on any atom is -0.313 e. The third-order valence-electron chi connectivity index (χ3n) is 2.55. The molecule has 1 aliphatic rings. The van der Waals surface area contributed by atoms with Crippen molar-refractivity contribution in [3.8, 4) is 0 Å². The van der Waals surface area contributed by atoms with Crippen LogP contribution in [0.3, 0.4) is 0 Å². The molecule has 0 aromatic heterocycles. The second kappa shape index (κ2) is 5.51. The third-order valence-corrected chi connectivity index (χ3v) is 4.26. The first kappa shape index (κ1) is 11.7. The van der Waals surface area contributed by atoms with Gasteiger partial charge in [-0.15, -0.1) is 0 Å². The summed E-state index contributed by atoms with van der Waals surface area (Å²) in [6, 6.07) is 0.479. The van der Waals surface area contributed by atoms with Gasteiger partial charge in [0.25, 0.3) is 0 Å². The monoisotopic (exact) mass is 217 g/mol. The van der Waals surface area contributed by atoms with Crippen LogP contribution in [-0.4, -0.2) is 32.5 Å². The van der Waals surface area contributed by atoms with Crippen LogP contribution in [-0.2, 0) is 9.84 Å². The number of hydrogen-bond acceptors (Lipinski definition) is 3. The summed E-state index contributed by atoms with van der Waals surface area (Å²) < 4.78 is 22.4. The van der Waals surface area contributed by atoms with Crippen molar-refractivity contribution in [2.45, 2.75) is 32.2 Å². The SMILES string of the molecule is CCS(=O)(=O)CCNC1CC=CCC1. The van der Waals surface area contributed by atoms with Crippen LogP contribution >= 0.6 is 0 Å². The molecule has 1 unspecified atom stereocenters. The molecule has 0 aromatic carbocycles. The van der Waals surface area contributed by atoms with Gasteiger partial charge in [0.2, 0.25) is 0 Å². The average Bonchev–Trinajstić information content (AvgIpc) is 2.19. The fourth-order valence-corrected chi connectivity index (χ4v) is 2.26. The van der Waals surface area contributed by atoms with Gasteiger partial charge in [-0.25, -0.2) is 8.42 Å². The topological polar surface area (TPSA) is 46.2 Å². The van der Waals surface area contributed by atoms with Crippen LogP contribution in [0.5, 0.6) is 0 Å². The molecule has 0 bridgehead atoms. The number of hydrogen-bond donors (Lipinski definition) is 1. The maximum absolute atomic E-state index is 11.2. The molecule has 1 rings (SSSR count). The van der Waals surface area contributed by atoms with Gasteiger partial charge in [0.15, 0.2) is 9.84 Å². The van der Waals surface area contributed by atoms with E-state index in [1.165, 1.54) is 0 Å². The van der Waals surface area contributed by atoms with Crippen LogP contribution < -0.4 is 5.32 Å². The highest BCUT2D eigenvalue weighted by Gasteiger charge is 2.11. The zero-order valence-electron chi connectivity index (χ0n) is 8.70. The largest absolute Gasteiger partial charge is 0.313 e. The van der Waals surface area contributed by atoms with E-state index in [2.05, 4.69) is 17.5 Å². The molecule has 0 aromatic rings. The maximum Gasteiger partial charge on any atom is 0.151 e. The Morgan fingerprint density at radius 2 is 2.21 bits per heavy atom. The van der Waals surface area contributed by atoms with E-state index in [9.17, 15) is 8.42 Å². The lowest BCUT2D eigenvalue weighted by atomic mass is 10.0. The summed E-state index contributed by atoms with van der Waals surface area (Å²) >= 11 is 0. The zero-order chi connectivity index (χ0) is 10.4. The van der Waals surface area contributed by atoms with E-state index < -0.39 is 9.84 Å². The lowest BCUT2D eigenvalue weighted by Gasteiger charge is -2.19. The predicted molar refractivity (Wildman–Crippen MR) is 59.1 cm³/mol. The molecule has 3 nitrogen and oxygen atoms in total. The van der Waals surface area contributed by atoms with Crippen LogP contribution in [0.1, 0.15) is 26.2 Å². The Morgan fingerprint density at radius 1 is 1.43 bits per heavy atom. The Kier molecular flexibility index (Phi) is 4.62. The predicted octanol–water partition coefficient (Wildman–Crippen LogP) is 1.12. The standard InChI is InChI=1S/C10H19NO2S/c1-2-14(12,13)9-8-11-10-6-4-3-5-7-10/h3-4,10-11H,2,5-9H2,1H3. The van der Waals surface area contributed by atoms with Gasteiger partial charge >= 0.3 is 0 Å². The lowest BCUT2D eigenvalue weighted by Crippen LogP contribution is -2.33. The number of allylic oxidation sites excluding steroid dienone is 1. The van der Waals surface area contributed by atoms with Crippen molar-refractivity contribution >= 4 is 9.84 Å². The van der Waals surface area contributed by atoms with Gasteiger partial charge in [-0.1, -0.05) is 19.1 Å². The van der Waals surface area contributed by atoms with Crippen LogP contribution in [0.2, 0.25) is 0 Å². The van der Waals surface area contributed by atoms with E-state index in [0.29, 0.717) is 12.6 Å². The molecule has 0 radical (unpaired) electrons. The highest BCUT2D eigenvalue weighted by atomic mass is 32.2. The quantitative estimate of drug-likeness (QED) is 0.702. The Hall–Kier alpha value is -0.350. The van der Waals surface area contributed by atoms with E-state index in [0.717, 1.165) is 19.3 Å². The van der Waals surface area contributed by atoms with Gasteiger partial charge in [0, 0.05) is 18.3 Å². The fourth-order valence-electron chi connectivity index (χ4n) is 1.54. The van der Waals surface area contributed by atoms with E-state index in [1.54, 1.807) is 6.92 Å². The minimum atomic E-state index is -2.80. The second-order valence-electron chi connectivity index (χ2n) is 3.67. The molecular weight excluding hydrogens is 198 g/mol. The molecule has 82 valence electrons. The maximum atomic E-state index is 11.2. The first-order valence-corrected chi connectivity index (χ1v) is 7.05. The summed E-state index contributed by atoms with van der Waals surface area (Å²) in [5.41, 5.74) is 0. The Bertz CT molecular complexity index is 282. The summed E-state index contributed by atoms with van der Waals surface area (Å²) in [5, 5.41) is 3.28. The smallest absolute Gasteiger partial charge is 0.151 e. The zero-order valence-corrected chi connectivity index (χ0v) is 9.52. The normalized spacial score (nSPS) is 22.5. The molecule has 14 heavy (non-hydrogen) atoms. The van der Waals surface area contributed by atoms with Crippen LogP contribution in [0.25, 0.3) is 0 Å². The van der Waals surface area contributed by atoms with E-state index in [-0.39, 0.29) is 11.5 Å². The van der Waals surface area contributed by atoms with E-state index in [4.69, 9.17) is 0 Å². The van der Waals surface area contributed by atoms with Crippen molar-refractivity contribution in [1.29, 1.82) is 0 Å². The lowest BCUT2D eigenvalue weighted by molar-refractivity contribution is 0.487. The van der Waals surface area contributed by atoms with Crippen molar-refractivity contribution in [1.82, 2.24) is 5.32 Å². The Balaban J connectivity index is 2.18. The van der Waals surface area contributed by atoms with Gasteiger partial charge in [0.05, 0.1) is 5.75 Å². The van der Waals surface area contributed by atoms with Crippen molar-refractivity contribution in [3.63, 3.8) is 0 Å². The number of nitrogens with one attached hydrogen (secondary N) is 1. The summed E-state index contributed by atoms with van der Waals surface area (Å²) in [5.74, 6) is 0.517.